The third-order valence-electron chi connectivity index (χ3n) is 3.46. The fraction of sp³-hybridized carbons (Fsp3) is 0.500. The molecule has 1 saturated heterocycles. The summed E-state index contributed by atoms with van der Waals surface area (Å²) in [5.74, 6) is 0.588. The van der Waals surface area contributed by atoms with Gasteiger partial charge in [0, 0.05) is 13.0 Å². The summed E-state index contributed by atoms with van der Waals surface area (Å²) in [5, 5.41) is 11.9. The van der Waals surface area contributed by atoms with Crippen LogP contribution >= 0.6 is 0 Å². The molecule has 20 heavy (non-hydrogen) atoms. The van der Waals surface area contributed by atoms with Crippen molar-refractivity contribution in [3.63, 3.8) is 0 Å². The molecule has 1 aromatic rings. The number of aliphatic carboxylic acids is 1. The number of morpholine rings is 1. The van der Waals surface area contributed by atoms with Crippen LogP contribution in [0.5, 0.6) is 11.5 Å². The van der Waals surface area contributed by atoms with Crippen molar-refractivity contribution in [3.8, 4) is 11.5 Å². The van der Waals surface area contributed by atoms with Crippen molar-refractivity contribution in [2.75, 3.05) is 26.4 Å². The molecule has 2 unspecified atom stereocenters. The Labute approximate surface area is 116 Å². The molecule has 0 aliphatic carbocycles. The zero-order valence-corrected chi connectivity index (χ0v) is 11.0. The fourth-order valence-electron chi connectivity index (χ4n) is 2.33. The number of ether oxygens (including phenoxy) is 3. The van der Waals surface area contributed by atoms with Gasteiger partial charge in [0.25, 0.3) is 0 Å². The zero-order chi connectivity index (χ0) is 13.9. The van der Waals surface area contributed by atoms with Crippen LogP contribution in [0.2, 0.25) is 0 Å². The number of carboxylic acids is 1. The van der Waals surface area contributed by atoms with E-state index >= 15 is 0 Å². The minimum absolute atomic E-state index is 0.161. The van der Waals surface area contributed by atoms with Crippen molar-refractivity contribution in [3.05, 3.63) is 23.8 Å². The van der Waals surface area contributed by atoms with E-state index in [2.05, 4.69) is 5.32 Å². The quantitative estimate of drug-likeness (QED) is 0.839. The molecule has 0 bridgehead atoms. The van der Waals surface area contributed by atoms with E-state index in [0.717, 1.165) is 23.5 Å². The summed E-state index contributed by atoms with van der Waals surface area (Å²) >= 11 is 0. The van der Waals surface area contributed by atoms with Crippen LogP contribution in [0.4, 0.5) is 0 Å². The Bertz CT molecular complexity index is 496. The van der Waals surface area contributed by atoms with Crippen molar-refractivity contribution in [2.24, 2.45) is 0 Å². The summed E-state index contributed by atoms with van der Waals surface area (Å²) in [7, 11) is 0. The molecule has 2 atom stereocenters. The normalized spacial score (nSPS) is 25.8. The average Bonchev–Trinajstić information content (AvgIpc) is 2.71. The van der Waals surface area contributed by atoms with Crippen molar-refractivity contribution < 1.29 is 24.1 Å². The first kappa shape index (κ1) is 13.2. The second-order valence-electron chi connectivity index (χ2n) is 4.88. The summed E-state index contributed by atoms with van der Waals surface area (Å²) in [6, 6.07) is 5.09. The monoisotopic (exact) mass is 279 g/mol. The molecule has 1 fully saturated rings. The Hall–Kier alpha value is -1.79. The van der Waals surface area contributed by atoms with E-state index in [1.807, 2.05) is 18.2 Å². The summed E-state index contributed by atoms with van der Waals surface area (Å²) in [4.78, 5) is 10.8. The number of hydrogen-bond acceptors (Lipinski definition) is 5. The van der Waals surface area contributed by atoms with E-state index in [9.17, 15) is 4.79 Å². The summed E-state index contributed by atoms with van der Waals surface area (Å²) < 4.78 is 16.8. The number of fused-ring (bicyclic) bond motifs is 1. The highest BCUT2D eigenvalue weighted by atomic mass is 16.5. The van der Waals surface area contributed by atoms with Gasteiger partial charge in [0.05, 0.1) is 25.9 Å². The molecular weight excluding hydrogens is 262 g/mol. The van der Waals surface area contributed by atoms with Crippen LogP contribution in [0.1, 0.15) is 18.1 Å². The van der Waals surface area contributed by atoms with E-state index < -0.39 is 12.0 Å². The zero-order valence-electron chi connectivity index (χ0n) is 11.0. The summed E-state index contributed by atoms with van der Waals surface area (Å²) in [6.45, 7) is 1.93. The number of hydrogen-bond donors (Lipinski definition) is 2. The molecule has 1 aromatic carbocycles. The maximum atomic E-state index is 10.8. The van der Waals surface area contributed by atoms with Crippen molar-refractivity contribution in [1.29, 1.82) is 0 Å². The minimum Gasteiger partial charge on any atom is -0.490 e. The lowest BCUT2D eigenvalue weighted by atomic mass is 10.1. The molecule has 6 heteroatoms. The maximum absolute atomic E-state index is 10.8. The third-order valence-corrected chi connectivity index (χ3v) is 3.46. The molecule has 108 valence electrons. The Kier molecular flexibility index (Phi) is 3.75. The van der Waals surface area contributed by atoms with Gasteiger partial charge in [-0.05, 0) is 17.7 Å². The average molecular weight is 279 g/mol. The van der Waals surface area contributed by atoms with E-state index in [0.29, 0.717) is 19.8 Å². The summed E-state index contributed by atoms with van der Waals surface area (Å²) in [5.41, 5.74) is 0.964. The first-order valence-electron chi connectivity index (χ1n) is 6.71. The number of carboxylic acid groups (broad SMARTS) is 1. The molecule has 2 aliphatic heterocycles. The Morgan fingerprint density at radius 1 is 1.25 bits per heavy atom. The highest BCUT2D eigenvalue weighted by Gasteiger charge is 2.27. The third kappa shape index (κ3) is 2.71. The lowest BCUT2D eigenvalue weighted by Crippen LogP contribution is -2.47. The highest BCUT2D eigenvalue weighted by Crippen LogP contribution is 2.33. The molecule has 0 spiro atoms. The van der Waals surface area contributed by atoms with Crippen LogP contribution in [-0.2, 0) is 9.53 Å². The molecular formula is C14H17NO5. The van der Waals surface area contributed by atoms with E-state index in [1.165, 1.54) is 0 Å². The van der Waals surface area contributed by atoms with Gasteiger partial charge in [-0.2, -0.15) is 0 Å². The van der Waals surface area contributed by atoms with Gasteiger partial charge in [0.2, 0.25) is 0 Å². The molecule has 0 radical (unpaired) electrons. The van der Waals surface area contributed by atoms with Gasteiger partial charge >= 0.3 is 5.97 Å². The van der Waals surface area contributed by atoms with Crippen LogP contribution in [0, 0.1) is 0 Å². The van der Waals surface area contributed by atoms with Gasteiger partial charge in [-0.15, -0.1) is 0 Å². The van der Waals surface area contributed by atoms with Crippen LogP contribution in [0.3, 0.4) is 0 Å². The van der Waals surface area contributed by atoms with Crippen molar-refractivity contribution in [1.82, 2.24) is 5.32 Å². The number of nitrogens with one attached hydrogen (secondary N) is 1. The SMILES string of the molecule is O=C(O)C1COC(c2ccc3c(c2)OCCCO3)CN1. The Morgan fingerprint density at radius 3 is 2.75 bits per heavy atom. The molecule has 2 N–H and O–H groups in total. The summed E-state index contributed by atoms with van der Waals surface area (Å²) in [6.07, 6.45) is 0.703. The molecule has 3 rings (SSSR count). The van der Waals surface area contributed by atoms with Crippen molar-refractivity contribution >= 4 is 5.97 Å². The van der Waals surface area contributed by atoms with Crippen LogP contribution in [-0.4, -0.2) is 43.5 Å². The van der Waals surface area contributed by atoms with E-state index in [4.69, 9.17) is 19.3 Å². The van der Waals surface area contributed by atoms with Gasteiger partial charge in [0.1, 0.15) is 6.04 Å². The molecule has 6 nitrogen and oxygen atoms in total. The Balaban J connectivity index is 1.72. The molecule has 0 aromatic heterocycles. The van der Waals surface area contributed by atoms with Gasteiger partial charge < -0.3 is 19.3 Å². The molecule has 2 heterocycles. The number of benzene rings is 1. The topological polar surface area (TPSA) is 77.0 Å². The molecule has 0 saturated carbocycles. The highest BCUT2D eigenvalue weighted by molar-refractivity contribution is 5.73. The van der Waals surface area contributed by atoms with Gasteiger partial charge in [-0.25, -0.2) is 0 Å². The van der Waals surface area contributed by atoms with E-state index in [1.54, 1.807) is 0 Å². The molecule has 2 aliphatic rings. The van der Waals surface area contributed by atoms with Gasteiger partial charge in [-0.1, -0.05) is 6.07 Å². The lowest BCUT2D eigenvalue weighted by molar-refractivity contribution is -0.144. The van der Waals surface area contributed by atoms with Crippen molar-refractivity contribution in [2.45, 2.75) is 18.6 Å². The first-order chi connectivity index (χ1) is 9.74. The van der Waals surface area contributed by atoms with Gasteiger partial charge in [-0.3, -0.25) is 10.1 Å². The standard InChI is InChI=1S/C14H17NO5/c16-14(17)10-8-20-13(7-15-10)9-2-3-11-12(6-9)19-5-1-4-18-11/h2-3,6,10,13,15H,1,4-5,7-8H2,(H,16,17). The second-order valence-corrected chi connectivity index (χ2v) is 4.88. The number of carbonyl (C=O) groups is 1. The number of rotatable bonds is 2. The van der Waals surface area contributed by atoms with Crippen LogP contribution < -0.4 is 14.8 Å². The predicted octanol–water partition coefficient (Wildman–Crippen LogP) is 0.962. The second kappa shape index (κ2) is 5.68. The predicted molar refractivity (Wildman–Crippen MR) is 70.2 cm³/mol. The smallest absolute Gasteiger partial charge is 0.323 e. The molecule has 0 amide bonds. The van der Waals surface area contributed by atoms with Crippen LogP contribution in [0.15, 0.2) is 18.2 Å². The largest absolute Gasteiger partial charge is 0.490 e. The lowest BCUT2D eigenvalue weighted by Gasteiger charge is -2.28. The Morgan fingerprint density at radius 2 is 2.05 bits per heavy atom. The first-order valence-corrected chi connectivity index (χ1v) is 6.71. The fourth-order valence-corrected chi connectivity index (χ4v) is 2.33. The minimum atomic E-state index is -0.887. The van der Waals surface area contributed by atoms with Crippen LogP contribution in [0.25, 0.3) is 0 Å². The van der Waals surface area contributed by atoms with Gasteiger partial charge in [0.15, 0.2) is 11.5 Å². The van der Waals surface area contributed by atoms with E-state index in [-0.39, 0.29) is 12.7 Å². The maximum Gasteiger partial charge on any atom is 0.323 e.